The van der Waals surface area contributed by atoms with E-state index in [9.17, 15) is 0 Å². The molecule has 0 amide bonds. The third kappa shape index (κ3) is 3.69. The molecule has 2 aliphatic rings. The lowest BCUT2D eigenvalue weighted by molar-refractivity contribution is 0.173. The molecule has 2 atom stereocenters. The lowest BCUT2D eigenvalue weighted by Gasteiger charge is -2.34. The molecule has 3 heteroatoms. The van der Waals surface area contributed by atoms with Gasteiger partial charge in [0.1, 0.15) is 0 Å². The molecular weight excluding hydrogens is 276 g/mol. The fourth-order valence-electron chi connectivity index (χ4n) is 4.08. The highest BCUT2D eigenvalue weighted by Crippen LogP contribution is 2.42. The van der Waals surface area contributed by atoms with Gasteiger partial charge < -0.3 is 5.32 Å². The number of thiophene rings is 1. The molecular formula is C18H30N2S. The minimum Gasteiger partial charge on any atom is -0.313 e. The fraction of sp³-hybridized carbons (Fsp3) is 0.778. The van der Waals surface area contributed by atoms with Crippen LogP contribution >= 0.6 is 11.3 Å². The van der Waals surface area contributed by atoms with Crippen LogP contribution in [0.15, 0.2) is 16.8 Å². The zero-order chi connectivity index (χ0) is 14.9. The minimum atomic E-state index is 0.457. The zero-order valence-corrected chi connectivity index (χ0v) is 14.6. The van der Waals surface area contributed by atoms with E-state index >= 15 is 0 Å². The molecule has 2 unspecified atom stereocenters. The molecule has 0 aliphatic heterocycles. The Hall–Kier alpha value is -0.380. The normalized spacial score (nSPS) is 28.4. The standard InChI is InChI=1S/C18H30N2S/c1-4-19-17-15(7-9-18(17,2)3)12-20(16-5-6-16)11-14-8-10-21-13-14/h8,10,13,15-17,19H,4-7,9,11-12H2,1-3H3. The maximum absolute atomic E-state index is 3.78. The summed E-state index contributed by atoms with van der Waals surface area (Å²) in [7, 11) is 0. The summed E-state index contributed by atoms with van der Waals surface area (Å²) >= 11 is 1.83. The first-order valence-electron chi connectivity index (χ1n) is 8.58. The third-order valence-electron chi connectivity index (χ3n) is 5.39. The first-order chi connectivity index (χ1) is 10.1. The molecule has 1 N–H and O–H groups in total. The van der Waals surface area contributed by atoms with Crippen molar-refractivity contribution in [2.45, 2.75) is 65.1 Å². The van der Waals surface area contributed by atoms with Crippen molar-refractivity contribution in [1.29, 1.82) is 0 Å². The molecule has 0 spiro atoms. The number of rotatable bonds is 7. The summed E-state index contributed by atoms with van der Waals surface area (Å²) in [6.45, 7) is 10.7. The Morgan fingerprint density at radius 1 is 1.33 bits per heavy atom. The average molecular weight is 307 g/mol. The van der Waals surface area contributed by atoms with E-state index in [1.54, 1.807) is 0 Å². The van der Waals surface area contributed by atoms with Crippen LogP contribution in [0.3, 0.4) is 0 Å². The van der Waals surface area contributed by atoms with E-state index < -0.39 is 0 Å². The molecule has 2 aliphatic carbocycles. The Morgan fingerprint density at radius 3 is 2.76 bits per heavy atom. The molecule has 0 saturated heterocycles. The molecule has 118 valence electrons. The highest BCUT2D eigenvalue weighted by atomic mass is 32.1. The van der Waals surface area contributed by atoms with E-state index in [2.05, 4.69) is 47.8 Å². The molecule has 2 saturated carbocycles. The summed E-state index contributed by atoms with van der Waals surface area (Å²) in [4.78, 5) is 2.76. The molecule has 0 aromatic carbocycles. The van der Waals surface area contributed by atoms with E-state index in [1.807, 2.05) is 11.3 Å². The van der Waals surface area contributed by atoms with Gasteiger partial charge in [-0.15, -0.1) is 0 Å². The summed E-state index contributed by atoms with van der Waals surface area (Å²) in [5.74, 6) is 0.819. The Balaban J connectivity index is 1.65. The van der Waals surface area contributed by atoms with Crippen LogP contribution < -0.4 is 5.32 Å². The first kappa shape index (κ1) is 15.5. The van der Waals surface area contributed by atoms with Gasteiger partial charge >= 0.3 is 0 Å². The van der Waals surface area contributed by atoms with E-state index in [1.165, 1.54) is 37.8 Å². The van der Waals surface area contributed by atoms with Crippen LogP contribution in [-0.4, -0.2) is 30.1 Å². The van der Waals surface area contributed by atoms with Gasteiger partial charge in [0, 0.05) is 25.2 Å². The molecule has 0 bridgehead atoms. The van der Waals surface area contributed by atoms with Crippen molar-refractivity contribution in [2.75, 3.05) is 13.1 Å². The van der Waals surface area contributed by atoms with E-state index in [-0.39, 0.29) is 0 Å². The van der Waals surface area contributed by atoms with Crippen LogP contribution in [0.4, 0.5) is 0 Å². The summed E-state index contributed by atoms with van der Waals surface area (Å²) in [5.41, 5.74) is 1.96. The van der Waals surface area contributed by atoms with Gasteiger partial charge in [-0.2, -0.15) is 11.3 Å². The van der Waals surface area contributed by atoms with E-state index in [0.717, 1.165) is 25.0 Å². The van der Waals surface area contributed by atoms with Crippen LogP contribution in [0.1, 0.15) is 52.0 Å². The van der Waals surface area contributed by atoms with E-state index in [4.69, 9.17) is 0 Å². The lowest BCUT2D eigenvalue weighted by Crippen LogP contribution is -2.46. The zero-order valence-electron chi connectivity index (χ0n) is 13.8. The largest absolute Gasteiger partial charge is 0.313 e. The Bertz CT molecular complexity index is 436. The third-order valence-corrected chi connectivity index (χ3v) is 6.13. The smallest absolute Gasteiger partial charge is 0.0245 e. The minimum absolute atomic E-state index is 0.457. The maximum atomic E-state index is 3.78. The fourth-order valence-corrected chi connectivity index (χ4v) is 4.74. The molecule has 2 nitrogen and oxygen atoms in total. The molecule has 21 heavy (non-hydrogen) atoms. The molecule has 1 aromatic rings. The number of nitrogens with zero attached hydrogens (tertiary/aromatic N) is 1. The number of hydrogen-bond donors (Lipinski definition) is 1. The van der Waals surface area contributed by atoms with Crippen LogP contribution in [-0.2, 0) is 6.54 Å². The second-order valence-electron chi connectivity index (χ2n) is 7.61. The summed E-state index contributed by atoms with van der Waals surface area (Å²) in [5, 5.41) is 8.31. The van der Waals surface area contributed by atoms with Gasteiger partial charge in [0.15, 0.2) is 0 Å². The first-order valence-corrected chi connectivity index (χ1v) is 9.53. The molecule has 3 rings (SSSR count). The van der Waals surface area contributed by atoms with Gasteiger partial charge in [0.05, 0.1) is 0 Å². The summed E-state index contributed by atoms with van der Waals surface area (Å²) in [6.07, 6.45) is 5.57. The van der Waals surface area contributed by atoms with E-state index in [0.29, 0.717) is 11.5 Å². The molecule has 2 fully saturated rings. The van der Waals surface area contributed by atoms with Crippen LogP contribution in [0.2, 0.25) is 0 Å². The van der Waals surface area contributed by atoms with Crippen LogP contribution in [0.25, 0.3) is 0 Å². The molecule has 1 heterocycles. The number of nitrogens with one attached hydrogen (secondary N) is 1. The van der Waals surface area contributed by atoms with Gasteiger partial charge in [-0.25, -0.2) is 0 Å². The van der Waals surface area contributed by atoms with Gasteiger partial charge in [-0.05, 0) is 66.0 Å². The molecule has 1 aromatic heterocycles. The predicted molar refractivity (Wildman–Crippen MR) is 91.7 cm³/mol. The van der Waals surface area contributed by atoms with Gasteiger partial charge in [0.2, 0.25) is 0 Å². The highest BCUT2D eigenvalue weighted by molar-refractivity contribution is 7.07. The van der Waals surface area contributed by atoms with Crippen molar-refractivity contribution in [1.82, 2.24) is 10.2 Å². The lowest BCUT2D eigenvalue weighted by atomic mass is 9.84. The molecule has 0 radical (unpaired) electrons. The Labute approximate surface area is 133 Å². The summed E-state index contributed by atoms with van der Waals surface area (Å²) < 4.78 is 0. The SMILES string of the molecule is CCNC1C(CN(Cc2ccsc2)C2CC2)CCC1(C)C. The van der Waals surface area contributed by atoms with Crippen molar-refractivity contribution in [3.8, 4) is 0 Å². The monoisotopic (exact) mass is 306 g/mol. The quantitative estimate of drug-likeness (QED) is 0.815. The highest BCUT2D eigenvalue weighted by Gasteiger charge is 2.43. The van der Waals surface area contributed by atoms with Gasteiger partial charge in [-0.1, -0.05) is 20.8 Å². The van der Waals surface area contributed by atoms with Crippen molar-refractivity contribution in [3.63, 3.8) is 0 Å². The Kier molecular flexibility index (Phi) is 4.72. The second-order valence-corrected chi connectivity index (χ2v) is 8.39. The van der Waals surface area contributed by atoms with Crippen LogP contribution in [0, 0.1) is 11.3 Å². The van der Waals surface area contributed by atoms with Gasteiger partial charge in [0.25, 0.3) is 0 Å². The van der Waals surface area contributed by atoms with Crippen molar-refractivity contribution in [3.05, 3.63) is 22.4 Å². The number of hydrogen-bond acceptors (Lipinski definition) is 3. The van der Waals surface area contributed by atoms with Crippen molar-refractivity contribution in [2.24, 2.45) is 11.3 Å². The predicted octanol–water partition coefficient (Wildman–Crippen LogP) is 4.13. The average Bonchev–Trinajstić information content (AvgIpc) is 3.10. The summed E-state index contributed by atoms with van der Waals surface area (Å²) in [6, 6.07) is 3.84. The van der Waals surface area contributed by atoms with Gasteiger partial charge in [-0.3, -0.25) is 4.90 Å². The Morgan fingerprint density at radius 2 is 2.14 bits per heavy atom. The van der Waals surface area contributed by atoms with Crippen LogP contribution in [0.5, 0.6) is 0 Å². The second kappa shape index (κ2) is 6.39. The van der Waals surface area contributed by atoms with Crippen molar-refractivity contribution < 1.29 is 0 Å². The maximum Gasteiger partial charge on any atom is 0.0245 e. The van der Waals surface area contributed by atoms with Crippen molar-refractivity contribution >= 4 is 11.3 Å². The topological polar surface area (TPSA) is 15.3 Å².